The van der Waals surface area contributed by atoms with Gasteiger partial charge in [0.15, 0.2) is 5.69 Å². The number of nitrogens with zero attached hydrogens (tertiary/aromatic N) is 3. The van der Waals surface area contributed by atoms with Gasteiger partial charge in [0.25, 0.3) is 5.91 Å². The van der Waals surface area contributed by atoms with Crippen LogP contribution in [0.3, 0.4) is 0 Å². The first-order valence-corrected chi connectivity index (χ1v) is 8.52. The third-order valence-corrected chi connectivity index (χ3v) is 4.41. The van der Waals surface area contributed by atoms with Gasteiger partial charge < -0.3 is 4.90 Å². The molecule has 1 aromatic carbocycles. The van der Waals surface area contributed by atoms with E-state index in [-0.39, 0.29) is 5.91 Å². The van der Waals surface area contributed by atoms with Crippen LogP contribution in [0.15, 0.2) is 36.4 Å². The lowest BCUT2D eigenvalue weighted by atomic mass is 10.0. The second-order valence-electron chi connectivity index (χ2n) is 5.94. The summed E-state index contributed by atoms with van der Waals surface area (Å²) in [5.41, 5.74) is 2.48. The summed E-state index contributed by atoms with van der Waals surface area (Å²) in [7, 11) is 0. The number of hydrogen-bond donors (Lipinski definition) is 0. The van der Waals surface area contributed by atoms with E-state index in [4.69, 9.17) is 0 Å². The summed E-state index contributed by atoms with van der Waals surface area (Å²) in [5.74, 6) is 0.577. The molecule has 2 rings (SSSR count). The van der Waals surface area contributed by atoms with Gasteiger partial charge in [0.2, 0.25) is 0 Å². The van der Waals surface area contributed by atoms with Crippen molar-refractivity contribution in [1.82, 2.24) is 14.7 Å². The van der Waals surface area contributed by atoms with Gasteiger partial charge in [-0.3, -0.25) is 4.79 Å². The Morgan fingerprint density at radius 2 is 1.83 bits per heavy atom. The van der Waals surface area contributed by atoms with Crippen molar-refractivity contribution in [2.45, 2.75) is 40.5 Å². The van der Waals surface area contributed by atoms with Crippen LogP contribution in [0.25, 0.3) is 5.69 Å². The fourth-order valence-electron chi connectivity index (χ4n) is 2.79. The first-order chi connectivity index (χ1) is 11.1. The highest BCUT2D eigenvalue weighted by atomic mass is 16.2. The lowest BCUT2D eigenvalue weighted by Crippen LogP contribution is -2.35. The highest BCUT2D eigenvalue weighted by molar-refractivity contribution is 5.92. The summed E-state index contributed by atoms with van der Waals surface area (Å²) >= 11 is 0. The van der Waals surface area contributed by atoms with Crippen molar-refractivity contribution in [3.8, 4) is 5.69 Å². The minimum atomic E-state index is 0.0252. The Kier molecular flexibility index (Phi) is 5.97. The van der Waals surface area contributed by atoms with Crippen molar-refractivity contribution in [2.75, 3.05) is 13.1 Å². The SMILES string of the molecule is CCC(CC)CN(CC)C(=O)c1cc(C)n(-c2ccccc2)n1. The van der Waals surface area contributed by atoms with Crippen LogP contribution in [-0.2, 0) is 0 Å². The third-order valence-electron chi connectivity index (χ3n) is 4.41. The Balaban J connectivity index is 2.22. The summed E-state index contributed by atoms with van der Waals surface area (Å²) in [6, 6.07) is 11.8. The number of aryl methyl sites for hydroxylation is 1. The topological polar surface area (TPSA) is 38.1 Å². The van der Waals surface area contributed by atoms with Crippen LogP contribution >= 0.6 is 0 Å². The fraction of sp³-hybridized carbons (Fsp3) is 0.474. The average Bonchev–Trinajstić information content (AvgIpc) is 2.98. The van der Waals surface area contributed by atoms with Crippen LogP contribution in [0.1, 0.15) is 49.8 Å². The van der Waals surface area contributed by atoms with Gasteiger partial charge in [-0.15, -0.1) is 0 Å². The van der Waals surface area contributed by atoms with Gasteiger partial charge in [0.05, 0.1) is 5.69 Å². The predicted molar refractivity (Wildman–Crippen MR) is 94.0 cm³/mol. The van der Waals surface area contributed by atoms with Gasteiger partial charge in [0.1, 0.15) is 0 Å². The zero-order valence-electron chi connectivity index (χ0n) is 14.6. The molecule has 4 nitrogen and oxygen atoms in total. The van der Waals surface area contributed by atoms with Gasteiger partial charge in [-0.2, -0.15) is 5.10 Å². The summed E-state index contributed by atoms with van der Waals surface area (Å²) in [6.45, 7) is 9.89. The van der Waals surface area contributed by atoms with Crippen LogP contribution in [0.4, 0.5) is 0 Å². The van der Waals surface area contributed by atoms with E-state index in [9.17, 15) is 4.79 Å². The standard InChI is InChI=1S/C19H27N3O/c1-5-16(6-2)14-21(7-3)19(23)18-13-15(4)22(20-18)17-11-9-8-10-12-17/h8-13,16H,5-7,14H2,1-4H3. The number of amides is 1. The lowest BCUT2D eigenvalue weighted by molar-refractivity contribution is 0.0728. The summed E-state index contributed by atoms with van der Waals surface area (Å²) in [4.78, 5) is 14.7. The molecule has 0 aliphatic heterocycles. The minimum absolute atomic E-state index is 0.0252. The zero-order valence-corrected chi connectivity index (χ0v) is 14.6. The molecule has 124 valence electrons. The molecule has 1 heterocycles. The maximum Gasteiger partial charge on any atom is 0.274 e. The molecule has 0 saturated heterocycles. The van der Waals surface area contributed by atoms with Crippen LogP contribution in [-0.4, -0.2) is 33.7 Å². The van der Waals surface area contributed by atoms with Gasteiger partial charge in [-0.25, -0.2) is 4.68 Å². The van der Waals surface area contributed by atoms with E-state index in [0.717, 1.165) is 30.8 Å². The summed E-state index contributed by atoms with van der Waals surface area (Å²) in [5, 5.41) is 4.53. The average molecular weight is 313 g/mol. The smallest absolute Gasteiger partial charge is 0.274 e. The molecule has 0 atom stereocenters. The molecule has 0 fully saturated rings. The van der Waals surface area contributed by atoms with Crippen molar-refractivity contribution in [3.63, 3.8) is 0 Å². The van der Waals surface area contributed by atoms with Crippen molar-refractivity contribution >= 4 is 5.91 Å². The maximum absolute atomic E-state index is 12.8. The normalized spacial score (nSPS) is 11.0. The first-order valence-electron chi connectivity index (χ1n) is 8.52. The molecule has 0 aliphatic carbocycles. The molecule has 0 spiro atoms. The molecule has 0 radical (unpaired) electrons. The highest BCUT2D eigenvalue weighted by Gasteiger charge is 2.21. The number of aromatic nitrogens is 2. The van der Waals surface area contributed by atoms with Crippen molar-refractivity contribution in [2.24, 2.45) is 5.92 Å². The molecule has 1 amide bonds. The molecule has 23 heavy (non-hydrogen) atoms. The number of benzene rings is 1. The molecule has 0 unspecified atom stereocenters. The number of carbonyl (C=O) groups is 1. The number of para-hydroxylation sites is 1. The second kappa shape index (κ2) is 7.95. The quantitative estimate of drug-likeness (QED) is 0.772. The van der Waals surface area contributed by atoms with E-state index in [2.05, 4.69) is 18.9 Å². The fourth-order valence-corrected chi connectivity index (χ4v) is 2.79. The molecule has 0 bridgehead atoms. The second-order valence-corrected chi connectivity index (χ2v) is 5.94. The van der Waals surface area contributed by atoms with Crippen LogP contribution in [0.5, 0.6) is 0 Å². The van der Waals surface area contributed by atoms with E-state index in [1.165, 1.54) is 0 Å². The van der Waals surface area contributed by atoms with Crippen LogP contribution in [0, 0.1) is 12.8 Å². The van der Waals surface area contributed by atoms with Gasteiger partial charge in [-0.1, -0.05) is 44.9 Å². The molecule has 0 aliphatic rings. The summed E-state index contributed by atoms with van der Waals surface area (Å²) in [6.07, 6.45) is 2.19. The molecule has 0 N–H and O–H groups in total. The number of carbonyl (C=O) groups excluding carboxylic acids is 1. The Morgan fingerprint density at radius 3 is 2.39 bits per heavy atom. The highest BCUT2D eigenvalue weighted by Crippen LogP contribution is 2.15. The molecule has 1 aromatic heterocycles. The third kappa shape index (κ3) is 4.01. The van der Waals surface area contributed by atoms with E-state index >= 15 is 0 Å². The van der Waals surface area contributed by atoms with Crippen LogP contribution in [0.2, 0.25) is 0 Å². The summed E-state index contributed by atoms with van der Waals surface area (Å²) < 4.78 is 1.83. The van der Waals surface area contributed by atoms with Crippen molar-refractivity contribution in [3.05, 3.63) is 47.8 Å². The minimum Gasteiger partial charge on any atom is -0.337 e. The lowest BCUT2D eigenvalue weighted by Gasteiger charge is -2.24. The molecule has 0 saturated carbocycles. The van der Waals surface area contributed by atoms with E-state index < -0.39 is 0 Å². The van der Waals surface area contributed by atoms with E-state index in [1.807, 2.05) is 59.8 Å². The van der Waals surface area contributed by atoms with Gasteiger partial charge in [-0.05, 0) is 38.0 Å². The number of hydrogen-bond acceptors (Lipinski definition) is 2. The van der Waals surface area contributed by atoms with Gasteiger partial charge >= 0.3 is 0 Å². The molecular formula is C19H27N3O. The van der Waals surface area contributed by atoms with Crippen molar-refractivity contribution in [1.29, 1.82) is 0 Å². The number of rotatable bonds is 7. The van der Waals surface area contributed by atoms with Crippen molar-refractivity contribution < 1.29 is 4.79 Å². The Bertz CT molecular complexity index is 629. The predicted octanol–water partition coefficient (Wildman–Crippen LogP) is 4.08. The van der Waals surface area contributed by atoms with E-state index in [0.29, 0.717) is 18.2 Å². The molecule has 2 aromatic rings. The molecular weight excluding hydrogens is 286 g/mol. The monoisotopic (exact) mass is 313 g/mol. The Labute approximate surface area is 139 Å². The van der Waals surface area contributed by atoms with Gasteiger partial charge in [0, 0.05) is 18.8 Å². The van der Waals surface area contributed by atoms with Crippen LogP contribution < -0.4 is 0 Å². The molecule has 4 heteroatoms. The van der Waals surface area contributed by atoms with E-state index in [1.54, 1.807) is 0 Å². The largest absolute Gasteiger partial charge is 0.337 e. The zero-order chi connectivity index (χ0) is 16.8. The maximum atomic E-state index is 12.8. The Hall–Kier alpha value is -2.10. The Morgan fingerprint density at radius 1 is 1.17 bits per heavy atom. The first kappa shape index (κ1) is 17.3.